The summed E-state index contributed by atoms with van der Waals surface area (Å²) in [5.74, 6) is -3.88. The van der Waals surface area contributed by atoms with Gasteiger partial charge in [-0.05, 0) is 12.1 Å². The van der Waals surface area contributed by atoms with Crippen LogP contribution in [0, 0.1) is 0 Å². The number of anilines is 1. The minimum absolute atomic E-state index is 0.00245. The molecule has 0 unspecified atom stereocenters. The van der Waals surface area contributed by atoms with Crippen LogP contribution >= 0.6 is 0 Å². The van der Waals surface area contributed by atoms with Crippen molar-refractivity contribution >= 4 is 21.8 Å². The predicted molar refractivity (Wildman–Crippen MR) is 88.4 cm³/mol. The van der Waals surface area contributed by atoms with Crippen LogP contribution in [0.25, 0.3) is 0 Å². The van der Waals surface area contributed by atoms with E-state index in [2.05, 4.69) is 0 Å². The maximum Gasteiger partial charge on any atom is 0.339 e. The van der Waals surface area contributed by atoms with E-state index in [1.807, 2.05) is 0 Å². The first kappa shape index (κ1) is 19.1. The first-order valence-corrected chi connectivity index (χ1v) is 8.38. The third-order valence-electron chi connectivity index (χ3n) is 3.56. The highest BCUT2D eigenvalue weighted by atomic mass is 32.2. The van der Waals surface area contributed by atoms with E-state index in [4.69, 9.17) is 9.66 Å². The number of benzene rings is 2. The minimum atomic E-state index is -4.75. The highest BCUT2D eigenvalue weighted by Crippen LogP contribution is 2.37. The summed E-state index contributed by atoms with van der Waals surface area (Å²) < 4.78 is 31.2. The molecule has 0 aliphatic heterocycles. The molecule has 2 rings (SSSR count). The Balaban J connectivity index is 2.45. The van der Waals surface area contributed by atoms with Crippen molar-refractivity contribution in [3.63, 3.8) is 0 Å². The Labute approximate surface area is 147 Å². The second kappa shape index (κ2) is 6.61. The molecular weight excluding hydrogens is 370 g/mol. The third-order valence-corrected chi connectivity index (χ3v) is 4.44. The number of carboxylic acids is 1. The Morgan fingerprint density at radius 2 is 1.65 bits per heavy atom. The van der Waals surface area contributed by atoms with Crippen LogP contribution in [0.5, 0.6) is 23.0 Å². The summed E-state index contributed by atoms with van der Waals surface area (Å²) in [6.07, 6.45) is 0. The van der Waals surface area contributed by atoms with Crippen LogP contribution in [0.3, 0.4) is 0 Å². The second-order valence-electron chi connectivity index (χ2n) is 5.45. The van der Waals surface area contributed by atoms with Crippen LogP contribution in [0.2, 0.25) is 0 Å². The highest BCUT2D eigenvalue weighted by Gasteiger charge is 2.22. The molecule has 2 aromatic rings. The van der Waals surface area contributed by atoms with Gasteiger partial charge in [0.2, 0.25) is 0 Å². The van der Waals surface area contributed by atoms with Gasteiger partial charge in [0.25, 0.3) is 10.1 Å². The zero-order valence-electron chi connectivity index (χ0n) is 13.3. The predicted octanol–water partition coefficient (Wildman–Crippen LogP) is 1.09. The minimum Gasteiger partial charge on any atom is -0.508 e. The lowest BCUT2D eigenvalue weighted by Crippen LogP contribution is -2.17. The molecule has 0 atom stereocenters. The number of phenolic OH excluding ortho intramolecular Hbond substituents is 3. The van der Waals surface area contributed by atoms with Crippen molar-refractivity contribution in [2.75, 3.05) is 11.9 Å². The molecular formula is C15H15NO9S. The molecule has 0 amide bonds. The molecule has 0 saturated heterocycles. The normalized spacial score (nSPS) is 11.3. The number of hydrogen-bond acceptors (Lipinski definition) is 8. The lowest BCUT2D eigenvalue weighted by atomic mass is 10.1. The molecule has 0 aliphatic rings. The number of hydrogen-bond donors (Lipinski definition) is 6. The molecule has 0 saturated carbocycles. The van der Waals surface area contributed by atoms with E-state index in [0.29, 0.717) is 6.07 Å². The molecule has 11 heteroatoms. The van der Waals surface area contributed by atoms with Gasteiger partial charge in [-0.3, -0.25) is 4.55 Å². The molecule has 0 spiro atoms. The van der Waals surface area contributed by atoms with E-state index in [1.54, 1.807) is 0 Å². The molecule has 0 fully saturated rings. The van der Waals surface area contributed by atoms with Gasteiger partial charge in [-0.2, -0.15) is 8.42 Å². The fraction of sp³-hybridized carbons (Fsp3) is 0.133. The fourth-order valence-corrected chi connectivity index (χ4v) is 2.94. The van der Waals surface area contributed by atoms with Gasteiger partial charge >= 0.3 is 5.97 Å². The van der Waals surface area contributed by atoms with Crippen LogP contribution < -0.4 is 4.90 Å². The monoisotopic (exact) mass is 385 g/mol. The Hall–Kier alpha value is -3.18. The van der Waals surface area contributed by atoms with Gasteiger partial charge in [0.05, 0.1) is 5.69 Å². The van der Waals surface area contributed by atoms with Gasteiger partial charge in [0, 0.05) is 31.3 Å². The van der Waals surface area contributed by atoms with Crippen LogP contribution in [-0.2, 0) is 16.7 Å². The molecule has 0 bridgehead atoms. The van der Waals surface area contributed by atoms with Crippen LogP contribution in [0.4, 0.5) is 5.69 Å². The van der Waals surface area contributed by atoms with Crippen molar-refractivity contribution < 1.29 is 43.3 Å². The molecule has 140 valence electrons. The Bertz CT molecular complexity index is 985. The van der Waals surface area contributed by atoms with E-state index in [1.165, 1.54) is 11.9 Å². The zero-order valence-corrected chi connectivity index (χ0v) is 14.1. The summed E-state index contributed by atoms with van der Waals surface area (Å²) in [5, 5.41) is 48.3. The maximum atomic E-state index is 11.1. The molecule has 26 heavy (non-hydrogen) atoms. The van der Waals surface area contributed by atoms with Crippen molar-refractivity contribution in [2.45, 2.75) is 11.4 Å². The van der Waals surface area contributed by atoms with Crippen LogP contribution in [-0.4, -0.2) is 51.5 Å². The van der Waals surface area contributed by atoms with Crippen molar-refractivity contribution in [3.8, 4) is 23.0 Å². The summed E-state index contributed by atoms with van der Waals surface area (Å²) >= 11 is 0. The highest BCUT2D eigenvalue weighted by molar-refractivity contribution is 7.86. The summed E-state index contributed by atoms with van der Waals surface area (Å²) in [6.45, 7) is -0.210. The largest absolute Gasteiger partial charge is 0.508 e. The zero-order chi connectivity index (χ0) is 19.8. The van der Waals surface area contributed by atoms with Gasteiger partial charge < -0.3 is 30.4 Å². The number of nitrogens with zero attached hydrogens (tertiary/aromatic N) is 1. The van der Waals surface area contributed by atoms with Crippen molar-refractivity contribution in [1.82, 2.24) is 0 Å². The average molecular weight is 385 g/mol. The standard InChI is InChI=1S/C15H15NO9S/c1-16(6-7-2-8(17)3-9(14(7)20)15(21)22)10-4-12(19)13(5-11(10)18)26(23,24)25/h2-5,17-20H,6H2,1H3,(H,21,22)(H,23,24,25). The van der Waals surface area contributed by atoms with E-state index in [0.717, 1.165) is 18.2 Å². The van der Waals surface area contributed by atoms with E-state index >= 15 is 0 Å². The number of aromatic carboxylic acids is 1. The molecule has 0 radical (unpaired) electrons. The number of carbonyl (C=O) groups is 1. The number of aromatic hydroxyl groups is 4. The maximum absolute atomic E-state index is 11.1. The van der Waals surface area contributed by atoms with Gasteiger partial charge in [-0.15, -0.1) is 0 Å². The van der Waals surface area contributed by atoms with E-state index in [9.17, 15) is 33.6 Å². The SMILES string of the molecule is CN(Cc1cc(O)cc(C(=O)O)c1O)c1cc(O)c(S(=O)(=O)O)cc1O. The fourth-order valence-electron chi connectivity index (χ4n) is 2.36. The van der Waals surface area contributed by atoms with Crippen LogP contribution in [0.1, 0.15) is 15.9 Å². The van der Waals surface area contributed by atoms with Crippen molar-refractivity contribution in [3.05, 3.63) is 35.4 Å². The molecule has 2 aromatic carbocycles. The Kier molecular flexibility index (Phi) is 4.87. The van der Waals surface area contributed by atoms with Gasteiger partial charge in [0.1, 0.15) is 33.5 Å². The first-order valence-electron chi connectivity index (χ1n) is 6.94. The Morgan fingerprint density at radius 1 is 1.04 bits per heavy atom. The topological polar surface area (TPSA) is 176 Å². The number of rotatable bonds is 5. The summed E-state index contributed by atoms with van der Waals surface area (Å²) in [7, 11) is -3.36. The summed E-state index contributed by atoms with van der Waals surface area (Å²) in [5.41, 5.74) is -0.598. The van der Waals surface area contributed by atoms with Crippen LogP contribution in [0.15, 0.2) is 29.2 Å². The lowest BCUT2D eigenvalue weighted by molar-refractivity contribution is 0.0693. The van der Waals surface area contributed by atoms with E-state index in [-0.39, 0.29) is 17.8 Å². The average Bonchev–Trinajstić information content (AvgIpc) is 2.50. The molecule has 10 nitrogen and oxygen atoms in total. The summed E-state index contributed by atoms with van der Waals surface area (Å²) in [6, 6.07) is 3.49. The first-order chi connectivity index (χ1) is 11.9. The quantitative estimate of drug-likeness (QED) is 0.323. The number of carboxylic acid groups (broad SMARTS) is 1. The lowest BCUT2D eigenvalue weighted by Gasteiger charge is -2.22. The molecule has 0 heterocycles. The smallest absolute Gasteiger partial charge is 0.339 e. The molecule has 6 N–H and O–H groups in total. The van der Waals surface area contributed by atoms with Crippen molar-refractivity contribution in [2.24, 2.45) is 0 Å². The summed E-state index contributed by atoms with van der Waals surface area (Å²) in [4.78, 5) is 11.4. The molecule has 0 aromatic heterocycles. The van der Waals surface area contributed by atoms with E-state index < -0.39 is 49.5 Å². The third kappa shape index (κ3) is 3.73. The Morgan fingerprint density at radius 3 is 2.19 bits per heavy atom. The second-order valence-corrected chi connectivity index (χ2v) is 6.84. The van der Waals surface area contributed by atoms with Gasteiger partial charge in [-0.25, -0.2) is 4.79 Å². The molecule has 0 aliphatic carbocycles. The van der Waals surface area contributed by atoms with Crippen molar-refractivity contribution in [1.29, 1.82) is 0 Å². The number of phenols is 4. The van der Waals surface area contributed by atoms with Gasteiger partial charge in [-0.1, -0.05) is 0 Å². The van der Waals surface area contributed by atoms with Gasteiger partial charge in [0.15, 0.2) is 0 Å².